The van der Waals surface area contributed by atoms with Gasteiger partial charge >= 0.3 is 0 Å². The van der Waals surface area contributed by atoms with Crippen LogP contribution in [0.4, 0.5) is 5.69 Å². The highest BCUT2D eigenvalue weighted by molar-refractivity contribution is 7.13. The second-order valence-electron chi connectivity index (χ2n) is 3.65. The van der Waals surface area contributed by atoms with Crippen LogP contribution in [0.15, 0.2) is 29.6 Å². The minimum absolute atomic E-state index is 0.681. The van der Waals surface area contributed by atoms with Crippen molar-refractivity contribution >= 4 is 28.1 Å². The number of rotatable bonds is 2. The SMILES string of the molecule is COc1ccsc1-c1nc2c(N)cccc2[nH]1. The molecule has 0 aliphatic heterocycles. The molecular formula is C12H11N3OS. The van der Waals surface area contributed by atoms with Gasteiger partial charge in [0.1, 0.15) is 16.1 Å². The van der Waals surface area contributed by atoms with E-state index < -0.39 is 0 Å². The number of hydrogen-bond acceptors (Lipinski definition) is 4. The number of nitrogen functional groups attached to an aromatic ring is 1. The van der Waals surface area contributed by atoms with Crippen molar-refractivity contribution in [3.63, 3.8) is 0 Å². The fraction of sp³-hybridized carbons (Fsp3) is 0.0833. The van der Waals surface area contributed by atoms with E-state index in [-0.39, 0.29) is 0 Å². The summed E-state index contributed by atoms with van der Waals surface area (Å²) in [5, 5.41) is 1.98. The summed E-state index contributed by atoms with van der Waals surface area (Å²) in [5.74, 6) is 1.62. The number of nitrogens with one attached hydrogen (secondary N) is 1. The standard InChI is InChI=1S/C12H11N3OS/c1-16-9-5-6-17-11(9)12-14-8-4-2-3-7(13)10(8)15-12/h2-6H,13H2,1H3,(H,14,15). The Balaban J connectivity index is 2.22. The van der Waals surface area contributed by atoms with E-state index in [2.05, 4.69) is 9.97 Å². The van der Waals surface area contributed by atoms with E-state index in [4.69, 9.17) is 10.5 Å². The Kier molecular flexibility index (Phi) is 2.26. The van der Waals surface area contributed by atoms with E-state index in [0.29, 0.717) is 5.69 Å². The number of hydrogen-bond donors (Lipinski definition) is 2. The zero-order valence-corrected chi connectivity index (χ0v) is 10.0. The maximum atomic E-state index is 5.88. The molecule has 0 aliphatic carbocycles. The number of aromatic amines is 1. The monoisotopic (exact) mass is 245 g/mol. The minimum atomic E-state index is 0.681. The van der Waals surface area contributed by atoms with Crippen LogP contribution in [0.25, 0.3) is 21.7 Å². The van der Waals surface area contributed by atoms with Crippen LogP contribution in [-0.4, -0.2) is 17.1 Å². The molecule has 4 nitrogen and oxygen atoms in total. The largest absolute Gasteiger partial charge is 0.495 e. The first-order chi connectivity index (χ1) is 8.29. The zero-order valence-electron chi connectivity index (χ0n) is 9.23. The molecule has 0 fully saturated rings. The maximum absolute atomic E-state index is 5.88. The summed E-state index contributed by atoms with van der Waals surface area (Å²) < 4.78 is 5.29. The first kappa shape index (κ1) is 10.2. The van der Waals surface area contributed by atoms with Gasteiger partial charge in [-0.25, -0.2) is 4.98 Å². The smallest absolute Gasteiger partial charge is 0.152 e. The molecule has 1 aromatic carbocycles. The van der Waals surface area contributed by atoms with Gasteiger partial charge in [0, 0.05) is 0 Å². The van der Waals surface area contributed by atoms with Crippen LogP contribution in [0.1, 0.15) is 0 Å². The van der Waals surface area contributed by atoms with Crippen LogP contribution in [0.2, 0.25) is 0 Å². The molecule has 0 amide bonds. The van der Waals surface area contributed by atoms with Crippen molar-refractivity contribution in [2.24, 2.45) is 0 Å². The number of fused-ring (bicyclic) bond motifs is 1. The third-order valence-electron chi connectivity index (χ3n) is 2.61. The average Bonchev–Trinajstić information content (AvgIpc) is 2.94. The van der Waals surface area contributed by atoms with Gasteiger partial charge in [-0.15, -0.1) is 11.3 Å². The minimum Gasteiger partial charge on any atom is -0.495 e. The number of methoxy groups -OCH3 is 1. The summed E-state index contributed by atoms with van der Waals surface area (Å²) in [5.41, 5.74) is 8.31. The zero-order chi connectivity index (χ0) is 11.8. The summed E-state index contributed by atoms with van der Waals surface area (Å²) in [4.78, 5) is 8.75. The molecule has 0 saturated carbocycles. The van der Waals surface area contributed by atoms with Gasteiger partial charge in [0.25, 0.3) is 0 Å². The Bertz CT molecular complexity index is 671. The van der Waals surface area contributed by atoms with Crippen LogP contribution in [0, 0.1) is 0 Å². The quantitative estimate of drug-likeness (QED) is 0.682. The lowest BCUT2D eigenvalue weighted by Crippen LogP contribution is -1.85. The summed E-state index contributed by atoms with van der Waals surface area (Å²) in [6, 6.07) is 7.64. The van der Waals surface area contributed by atoms with E-state index >= 15 is 0 Å². The number of thiophene rings is 1. The molecule has 3 rings (SSSR count). The van der Waals surface area contributed by atoms with E-state index in [0.717, 1.165) is 27.5 Å². The second kappa shape index (κ2) is 3.78. The van der Waals surface area contributed by atoms with E-state index in [9.17, 15) is 0 Å². The molecule has 5 heteroatoms. The van der Waals surface area contributed by atoms with Crippen molar-refractivity contribution in [1.29, 1.82) is 0 Å². The van der Waals surface area contributed by atoms with Crippen molar-refractivity contribution < 1.29 is 4.74 Å². The molecule has 3 aromatic rings. The predicted molar refractivity (Wildman–Crippen MR) is 70.4 cm³/mol. The van der Waals surface area contributed by atoms with Crippen molar-refractivity contribution in [2.75, 3.05) is 12.8 Å². The van der Waals surface area contributed by atoms with Crippen LogP contribution in [0.5, 0.6) is 5.75 Å². The van der Waals surface area contributed by atoms with E-state index in [1.54, 1.807) is 18.4 Å². The molecule has 3 N–H and O–H groups in total. The molecule has 0 atom stereocenters. The normalized spacial score (nSPS) is 10.9. The lowest BCUT2D eigenvalue weighted by atomic mass is 10.3. The fourth-order valence-electron chi connectivity index (χ4n) is 1.79. The van der Waals surface area contributed by atoms with Gasteiger partial charge in [-0.2, -0.15) is 0 Å². The Hall–Kier alpha value is -2.01. The maximum Gasteiger partial charge on any atom is 0.152 e. The average molecular weight is 245 g/mol. The molecular weight excluding hydrogens is 234 g/mol. The predicted octanol–water partition coefficient (Wildman–Crippen LogP) is 2.88. The number of benzene rings is 1. The molecule has 17 heavy (non-hydrogen) atoms. The van der Waals surface area contributed by atoms with Gasteiger partial charge in [0.05, 0.1) is 18.3 Å². The summed E-state index contributed by atoms with van der Waals surface area (Å²) in [6.45, 7) is 0. The van der Waals surface area contributed by atoms with Crippen molar-refractivity contribution in [3.05, 3.63) is 29.6 Å². The number of nitrogens with zero attached hydrogens (tertiary/aromatic N) is 1. The number of para-hydroxylation sites is 1. The van der Waals surface area contributed by atoms with Gasteiger partial charge in [0.15, 0.2) is 5.82 Å². The molecule has 2 aromatic heterocycles. The molecule has 0 spiro atoms. The highest BCUT2D eigenvalue weighted by atomic mass is 32.1. The molecule has 0 radical (unpaired) electrons. The molecule has 2 heterocycles. The van der Waals surface area contributed by atoms with Gasteiger partial charge in [-0.1, -0.05) is 6.07 Å². The van der Waals surface area contributed by atoms with E-state index in [1.807, 2.05) is 29.6 Å². The van der Waals surface area contributed by atoms with Gasteiger partial charge < -0.3 is 15.5 Å². The summed E-state index contributed by atoms with van der Waals surface area (Å²) >= 11 is 1.59. The first-order valence-electron chi connectivity index (χ1n) is 5.15. The van der Waals surface area contributed by atoms with Gasteiger partial charge in [-0.3, -0.25) is 0 Å². The van der Waals surface area contributed by atoms with Crippen LogP contribution in [-0.2, 0) is 0 Å². The Labute approximate surface area is 102 Å². The van der Waals surface area contributed by atoms with Crippen molar-refractivity contribution in [2.45, 2.75) is 0 Å². The highest BCUT2D eigenvalue weighted by Crippen LogP contribution is 2.35. The number of imidazole rings is 1. The lowest BCUT2D eigenvalue weighted by molar-refractivity contribution is 0.418. The first-order valence-corrected chi connectivity index (χ1v) is 6.03. The van der Waals surface area contributed by atoms with Gasteiger partial charge in [-0.05, 0) is 23.6 Å². The summed E-state index contributed by atoms with van der Waals surface area (Å²) in [6.07, 6.45) is 0. The number of anilines is 1. The highest BCUT2D eigenvalue weighted by Gasteiger charge is 2.12. The number of H-pyrrole nitrogens is 1. The number of ether oxygens (including phenoxy) is 1. The number of nitrogens with two attached hydrogens (primary N) is 1. The topological polar surface area (TPSA) is 63.9 Å². The Morgan fingerprint density at radius 2 is 2.24 bits per heavy atom. The third kappa shape index (κ3) is 1.55. The van der Waals surface area contributed by atoms with Crippen LogP contribution < -0.4 is 10.5 Å². The van der Waals surface area contributed by atoms with E-state index in [1.165, 1.54) is 0 Å². The molecule has 86 valence electrons. The number of aromatic nitrogens is 2. The Morgan fingerprint density at radius 1 is 1.35 bits per heavy atom. The molecule has 0 saturated heterocycles. The van der Waals surface area contributed by atoms with Crippen LogP contribution in [0.3, 0.4) is 0 Å². The van der Waals surface area contributed by atoms with Crippen LogP contribution >= 0.6 is 11.3 Å². The Morgan fingerprint density at radius 3 is 3.00 bits per heavy atom. The van der Waals surface area contributed by atoms with Gasteiger partial charge in [0.2, 0.25) is 0 Å². The summed E-state index contributed by atoms with van der Waals surface area (Å²) in [7, 11) is 1.66. The van der Waals surface area contributed by atoms with Crippen molar-refractivity contribution in [1.82, 2.24) is 9.97 Å². The second-order valence-corrected chi connectivity index (χ2v) is 4.56. The molecule has 0 aliphatic rings. The lowest BCUT2D eigenvalue weighted by Gasteiger charge is -1.97. The third-order valence-corrected chi connectivity index (χ3v) is 3.51. The van der Waals surface area contributed by atoms with Crippen molar-refractivity contribution in [3.8, 4) is 16.5 Å². The molecule has 0 bridgehead atoms. The molecule has 0 unspecified atom stereocenters. The fourth-order valence-corrected chi connectivity index (χ4v) is 2.60.